The van der Waals surface area contributed by atoms with Gasteiger partial charge in [0.05, 0.1) is 6.61 Å². The summed E-state index contributed by atoms with van der Waals surface area (Å²) >= 11 is 0. The van der Waals surface area contributed by atoms with Gasteiger partial charge in [-0.2, -0.15) is 0 Å². The minimum atomic E-state index is 0.0413. The molecule has 0 radical (unpaired) electrons. The van der Waals surface area contributed by atoms with Crippen molar-refractivity contribution >= 4 is 17.6 Å². The van der Waals surface area contributed by atoms with Crippen molar-refractivity contribution in [2.45, 2.75) is 39.8 Å². The van der Waals surface area contributed by atoms with Crippen molar-refractivity contribution < 1.29 is 14.3 Å². The summed E-state index contributed by atoms with van der Waals surface area (Å²) < 4.78 is 10.9. The van der Waals surface area contributed by atoms with E-state index in [1.165, 1.54) is 0 Å². The summed E-state index contributed by atoms with van der Waals surface area (Å²) in [4.78, 5) is 16.0. The summed E-state index contributed by atoms with van der Waals surface area (Å²) in [5.74, 6) is 1.59. The molecule has 7 nitrogen and oxygen atoms in total. The maximum atomic E-state index is 11.7. The van der Waals surface area contributed by atoms with Crippen molar-refractivity contribution in [1.29, 1.82) is 0 Å². The number of hydrogen-bond donors (Lipinski definition) is 3. The number of methoxy groups -OCH3 is 1. The van der Waals surface area contributed by atoms with Crippen LogP contribution in [-0.4, -0.2) is 39.2 Å². The van der Waals surface area contributed by atoms with Gasteiger partial charge in [0, 0.05) is 44.9 Å². The molecular weight excluding hydrogens is 392 g/mol. The molecule has 1 amide bonds. The monoisotopic (exact) mass is 426 g/mol. The molecule has 7 heteroatoms. The lowest BCUT2D eigenvalue weighted by Gasteiger charge is -2.15. The first kappa shape index (κ1) is 24.2. The third-order valence-corrected chi connectivity index (χ3v) is 4.61. The fraction of sp³-hybridized carbons (Fsp3) is 0.417. The van der Waals surface area contributed by atoms with Gasteiger partial charge in [-0.3, -0.25) is 9.79 Å². The van der Waals surface area contributed by atoms with Gasteiger partial charge in [0.1, 0.15) is 12.4 Å². The quantitative estimate of drug-likeness (QED) is 0.290. The minimum absolute atomic E-state index is 0.0413. The molecule has 0 saturated carbocycles. The first-order valence-corrected chi connectivity index (χ1v) is 10.6. The largest absolute Gasteiger partial charge is 0.491 e. The number of ether oxygens (including phenoxy) is 2. The lowest BCUT2D eigenvalue weighted by molar-refractivity contribution is -0.116. The Hall–Kier alpha value is -3.06. The van der Waals surface area contributed by atoms with Crippen molar-refractivity contribution in [2.75, 3.05) is 32.7 Å². The molecule has 0 aliphatic heterocycles. The molecule has 2 aromatic carbocycles. The highest BCUT2D eigenvalue weighted by Crippen LogP contribution is 2.20. The molecule has 2 aromatic rings. The molecule has 31 heavy (non-hydrogen) atoms. The molecule has 0 bridgehead atoms. The van der Waals surface area contributed by atoms with Crippen LogP contribution in [-0.2, 0) is 22.6 Å². The maximum Gasteiger partial charge on any atom is 0.224 e. The molecule has 0 heterocycles. The maximum absolute atomic E-state index is 11.7. The first-order chi connectivity index (χ1) is 15.0. The third-order valence-electron chi connectivity index (χ3n) is 4.61. The van der Waals surface area contributed by atoms with E-state index in [0.29, 0.717) is 38.7 Å². The highest BCUT2D eigenvalue weighted by atomic mass is 16.5. The lowest BCUT2D eigenvalue weighted by Crippen LogP contribution is -2.36. The second-order valence-electron chi connectivity index (χ2n) is 7.23. The number of aryl methyl sites for hydroxylation is 1. The number of carbonyl (C=O) groups is 1. The molecule has 2 rings (SSSR count). The lowest BCUT2D eigenvalue weighted by atomic mass is 10.1. The zero-order valence-corrected chi connectivity index (χ0v) is 19.0. The molecule has 168 valence electrons. The van der Waals surface area contributed by atoms with E-state index in [1.54, 1.807) is 14.2 Å². The minimum Gasteiger partial charge on any atom is -0.491 e. The summed E-state index contributed by atoms with van der Waals surface area (Å²) in [6, 6.07) is 14.0. The average Bonchev–Trinajstić information content (AvgIpc) is 2.76. The predicted octanol–water partition coefficient (Wildman–Crippen LogP) is 3.62. The molecule has 0 aliphatic carbocycles. The molecule has 0 spiro atoms. The van der Waals surface area contributed by atoms with Gasteiger partial charge in [0.25, 0.3) is 0 Å². The zero-order chi connectivity index (χ0) is 22.5. The number of anilines is 1. The van der Waals surface area contributed by atoms with Crippen LogP contribution in [0.5, 0.6) is 5.75 Å². The Kier molecular flexibility index (Phi) is 10.4. The van der Waals surface area contributed by atoms with E-state index in [9.17, 15) is 4.79 Å². The molecular formula is C24H34N4O3. The van der Waals surface area contributed by atoms with E-state index in [2.05, 4.69) is 33.1 Å². The SMILES string of the molecule is CCCC(=O)Nc1ccc(CNC(=NC)NCc2ccc(C)cc2OCCOC)cc1. The van der Waals surface area contributed by atoms with Crippen LogP contribution in [0.1, 0.15) is 36.5 Å². The van der Waals surface area contributed by atoms with Gasteiger partial charge in [-0.1, -0.05) is 31.2 Å². The average molecular weight is 427 g/mol. The Morgan fingerprint density at radius 1 is 1.03 bits per heavy atom. The third kappa shape index (κ3) is 8.68. The highest BCUT2D eigenvalue weighted by Gasteiger charge is 2.07. The van der Waals surface area contributed by atoms with E-state index in [0.717, 1.165) is 34.5 Å². The van der Waals surface area contributed by atoms with Crippen molar-refractivity contribution in [3.63, 3.8) is 0 Å². The summed E-state index contributed by atoms with van der Waals surface area (Å²) in [5, 5.41) is 9.54. The summed E-state index contributed by atoms with van der Waals surface area (Å²) in [6.45, 7) is 6.29. The van der Waals surface area contributed by atoms with Gasteiger partial charge in [-0.05, 0) is 42.7 Å². The second-order valence-corrected chi connectivity index (χ2v) is 7.23. The van der Waals surface area contributed by atoms with Crippen molar-refractivity contribution in [3.8, 4) is 5.75 Å². The Morgan fingerprint density at radius 2 is 1.77 bits per heavy atom. The Labute approximate surface area is 185 Å². The van der Waals surface area contributed by atoms with Crippen LogP contribution in [0.15, 0.2) is 47.5 Å². The number of nitrogens with zero attached hydrogens (tertiary/aromatic N) is 1. The van der Waals surface area contributed by atoms with Crippen LogP contribution in [0.25, 0.3) is 0 Å². The van der Waals surface area contributed by atoms with Crippen LogP contribution in [0.4, 0.5) is 5.69 Å². The summed E-state index contributed by atoms with van der Waals surface area (Å²) in [5.41, 5.74) is 4.10. The number of rotatable bonds is 11. The second kappa shape index (κ2) is 13.3. The topological polar surface area (TPSA) is 84.0 Å². The van der Waals surface area contributed by atoms with Crippen molar-refractivity contribution in [1.82, 2.24) is 10.6 Å². The van der Waals surface area contributed by atoms with Crippen molar-refractivity contribution in [2.24, 2.45) is 4.99 Å². The Morgan fingerprint density at radius 3 is 2.45 bits per heavy atom. The number of carbonyl (C=O) groups excluding carboxylic acids is 1. The summed E-state index contributed by atoms with van der Waals surface area (Å²) in [6.07, 6.45) is 1.37. The standard InChI is InChI=1S/C24H34N4O3/c1-5-6-23(29)28-21-11-8-19(9-12-21)16-26-24(25-3)27-17-20-10-7-18(2)15-22(20)31-14-13-30-4/h7-12,15H,5-6,13-14,16-17H2,1-4H3,(H,28,29)(H2,25,26,27). The fourth-order valence-electron chi connectivity index (χ4n) is 2.92. The predicted molar refractivity (Wildman–Crippen MR) is 126 cm³/mol. The van der Waals surface area contributed by atoms with E-state index in [1.807, 2.05) is 44.2 Å². The van der Waals surface area contributed by atoms with Crippen LogP contribution in [0, 0.1) is 6.92 Å². The van der Waals surface area contributed by atoms with Crippen LogP contribution < -0.4 is 20.7 Å². The van der Waals surface area contributed by atoms with Gasteiger partial charge < -0.3 is 25.4 Å². The molecule has 3 N–H and O–H groups in total. The van der Waals surface area contributed by atoms with Crippen LogP contribution in [0.2, 0.25) is 0 Å². The molecule has 0 unspecified atom stereocenters. The number of aliphatic imine (C=N–C) groups is 1. The smallest absolute Gasteiger partial charge is 0.224 e. The van der Waals surface area contributed by atoms with Gasteiger partial charge in [-0.15, -0.1) is 0 Å². The first-order valence-electron chi connectivity index (χ1n) is 10.6. The van der Waals surface area contributed by atoms with E-state index in [-0.39, 0.29) is 5.91 Å². The van der Waals surface area contributed by atoms with E-state index >= 15 is 0 Å². The molecule has 0 atom stereocenters. The number of benzene rings is 2. The fourth-order valence-corrected chi connectivity index (χ4v) is 2.92. The van der Waals surface area contributed by atoms with Crippen LogP contribution in [0.3, 0.4) is 0 Å². The number of hydrogen-bond acceptors (Lipinski definition) is 4. The van der Waals surface area contributed by atoms with Gasteiger partial charge in [0.2, 0.25) is 5.91 Å². The Balaban J connectivity index is 1.87. The highest BCUT2D eigenvalue weighted by molar-refractivity contribution is 5.90. The summed E-state index contributed by atoms with van der Waals surface area (Å²) in [7, 11) is 3.40. The molecule has 0 aromatic heterocycles. The van der Waals surface area contributed by atoms with Gasteiger partial charge >= 0.3 is 0 Å². The molecule has 0 fully saturated rings. The molecule has 0 aliphatic rings. The van der Waals surface area contributed by atoms with Gasteiger partial charge in [-0.25, -0.2) is 0 Å². The normalized spacial score (nSPS) is 11.2. The zero-order valence-electron chi connectivity index (χ0n) is 19.0. The van der Waals surface area contributed by atoms with Crippen molar-refractivity contribution in [3.05, 3.63) is 59.2 Å². The number of nitrogens with one attached hydrogen (secondary N) is 3. The number of amides is 1. The van der Waals surface area contributed by atoms with Crippen LogP contribution >= 0.6 is 0 Å². The van der Waals surface area contributed by atoms with Gasteiger partial charge in [0.15, 0.2) is 5.96 Å². The van der Waals surface area contributed by atoms with E-state index in [4.69, 9.17) is 9.47 Å². The van der Waals surface area contributed by atoms with E-state index < -0.39 is 0 Å². The molecule has 0 saturated heterocycles. The Bertz CT molecular complexity index is 850. The number of guanidine groups is 1.